The van der Waals surface area contributed by atoms with Crippen LogP contribution in [0.3, 0.4) is 0 Å². The number of sulfone groups is 1. The Morgan fingerprint density at radius 2 is 1.83 bits per heavy atom. The van der Waals surface area contributed by atoms with Gasteiger partial charge >= 0.3 is 0 Å². The smallest absolute Gasteiger partial charge is 0.223 e. The Kier molecular flexibility index (Phi) is 10.9. The largest absolute Gasteiger partial charge is 0.338 e. The van der Waals surface area contributed by atoms with Gasteiger partial charge in [0.15, 0.2) is 9.84 Å². The first-order chi connectivity index (χ1) is 10.8. The Labute approximate surface area is 151 Å². The van der Waals surface area contributed by atoms with Crippen LogP contribution in [-0.2, 0) is 21.2 Å². The molecule has 0 aliphatic heterocycles. The van der Waals surface area contributed by atoms with Gasteiger partial charge in [-0.1, -0.05) is 44.2 Å². The summed E-state index contributed by atoms with van der Waals surface area (Å²) in [6.07, 6.45) is 0.740. The van der Waals surface area contributed by atoms with Crippen LogP contribution in [0.5, 0.6) is 0 Å². The number of hydrogen-bond acceptors (Lipinski definition) is 4. The van der Waals surface area contributed by atoms with E-state index in [-0.39, 0.29) is 42.2 Å². The topological polar surface area (TPSA) is 80.5 Å². The van der Waals surface area contributed by atoms with Crippen LogP contribution in [-0.4, -0.2) is 43.8 Å². The van der Waals surface area contributed by atoms with Crippen LogP contribution in [0.15, 0.2) is 30.3 Å². The predicted molar refractivity (Wildman–Crippen MR) is 101 cm³/mol. The molecule has 0 atom stereocenters. The fourth-order valence-corrected chi connectivity index (χ4v) is 4.04. The summed E-state index contributed by atoms with van der Waals surface area (Å²) < 4.78 is 23.9. The van der Waals surface area contributed by atoms with Gasteiger partial charge in [0.25, 0.3) is 0 Å². The number of halogens is 1. The van der Waals surface area contributed by atoms with Crippen LogP contribution in [0, 0.1) is 5.92 Å². The summed E-state index contributed by atoms with van der Waals surface area (Å²) in [4.78, 5) is 14.1. The predicted octanol–water partition coefficient (Wildman–Crippen LogP) is 2.25. The van der Waals surface area contributed by atoms with E-state index < -0.39 is 9.84 Å². The van der Waals surface area contributed by atoms with E-state index in [2.05, 4.69) is 0 Å². The maximum absolute atomic E-state index is 12.4. The molecular weight excluding hydrogens is 348 g/mol. The highest BCUT2D eigenvalue weighted by atomic mass is 35.5. The highest BCUT2D eigenvalue weighted by Gasteiger charge is 2.19. The molecule has 0 aliphatic rings. The molecule has 0 aromatic heterocycles. The van der Waals surface area contributed by atoms with Gasteiger partial charge in [0, 0.05) is 19.5 Å². The molecule has 5 nitrogen and oxygen atoms in total. The summed E-state index contributed by atoms with van der Waals surface area (Å²) in [5, 5.41) is 0. The van der Waals surface area contributed by atoms with E-state index in [4.69, 9.17) is 5.73 Å². The molecule has 24 heavy (non-hydrogen) atoms. The van der Waals surface area contributed by atoms with Crippen molar-refractivity contribution < 1.29 is 13.2 Å². The molecule has 0 saturated heterocycles. The molecule has 1 rings (SSSR count). The second-order valence-corrected chi connectivity index (χ2v) is 8.43. The van der Waals surface area contributed by atoms with Gasteiger partial charge < -0.3 is 10.6 Å². The number of nitrogens with zero attached hydrogens (tertiary/aromatic N) is 1. The van der Waals surface area contributed by atoms with Crippen molar-refractivity contribution in [1.82, 2.24) is 4.90 Å². The van der Waals surface area contributed by atoms with Crippen LogP contribution in [0.1, 0.15) is 32.3 Å². The number of hydrogen-bond donors (Lipinski definition) is 1. The zero-order valence-electron chi connectivity index (χ0n) is 14.5. The number of amides is 1. The summed E-state index contributed by atoms with van der Waals surface area (Å²) in [6, 6.07) is 9.69. The second-order valence-electron chi connectivity index (χ2n) is 6.20. The number of carbonyl (C=O) groups excluding carboxylic acids is 1. The van der Waals surface area contributed by atoms with Crippen LogP contribution >= 0.6 is 12.4 Å². The Morgan fingerprint density at radius 3 is 2.38 bits per heavy atom. The van der Waals surface area contributed by atoms with Gasteiger partial charge in [-0.15, -0.1) is 12.4 Å². The third-order valence-electron chi connectivity index (χ3n) is 3.42. The number of carbonyl (C=O) groups is 1. The van der Waals surface area contributed by atoms with Crippen molar-refractivity contribution in [2.24, 2.45) is 11.7 Å². The first-order valence-corrected chi connectivity index (χ1v) is 9.88. The molecule has 1 aromatic carbocycles. The minimum Gasteiger partial charge on any atom is -0.338 e. The lowest BCUT2D eigenvalue weighted by molar-refractivity contribution is -0.131. The van der Waals surface area contributed by atoms with E-state index in [9.17, 15) is 13.2 Å². The fourth-order valence-electron chi connectivity index (χ4n) is 2.37. The fraction of sp³-hybridized carbons (Fsp3) is 0.588. The Hall–Kier alpha value is -1.11. The molecule has 0 heterocycles. The highest BCUT2D eigenvalue weighted by molar-refractivity contribution is 7.91. The molecular formula is C17H29ClN2O3S. The molecule has 1 aromatic rings. The van der Waals surface area contributed by atoms with Crippen molar-refractivity contribution in [2.75, 3.05) is 24.6 Å². The Morgan fingerprint density at radius 1 is 1.21 bits per heavy atom. The van der Waals surface area contributed by atoms with E-state index in [1.54, 1.807) is 4.90 Å². The summed E-state index contributed by atoms with van der Waals surface area (Å²) in [5.74, 6) is -0.0120. The average Bonchev–Trinajstić information content (AvgIpc) is 2.49. The zero-order chi connectivity index (χ0) is 17.3. The quantitative estimate of drug-likeness (QED) is 0.679. The summed E-state index contributed by atoms with van der Waals surface area (Å²) >= 11 is 0. The average molecular weight is 377 g/mol. The monoisotopic (exact) mass is 376 g/mol. The normalized spacial score (nSPS) is 11.2. The van der Waals surface area contributed by atoms with Crippen LogP contribution < -0.4 is 5.73 Å². The maximum atomic E-state index is 12.4. The third kappa shape index (κ3) is 9.25. The standard InChI is InChI=1S/C17H28N2O3S.ClH/c1-15(2)14-23(21,22)12-9-17(20)19(11-6-10-18)13-16-7-4-3-5-8-16;/h3-5,7-8,15H,6,9-14,18H2,1-2H3;1H. The molecule has 7 heteroatoms. The maximum Gasteiger partial charge on any atom is 0.223 e. The van der Waals surface area contributed by atoms with Crippen molar-refractivity contribution >= 4 is 28.2 Å². The van der Waals surface area contributed by atoms with Gasteiger partial charge in [0.05, 0.1) is 11.5 Å². The molecule has 0 radical (unpaired) electrons. The lowest BCUT2D eigenvalue weighted by atomic mass is 10.2. The number of benzene rings is 1. The van der Waals surface area contributed by atoms with Crippen LogP contribution in [0.25, 0.3) is 0 Å². The van der Waals surface area contributed by atoms with Crippen molar-refractivity contribution in [3.8, 4) is 0 Å². The molecule has 138 valence electrons. The second kappa shape index (κ2) is 11.4. The van der Waals surface area contributed by atoms with E-state index in [0.717, 1.165) is 5.56 Å². The molecule has 0 bridgehead atoms. The van der Waals surface area contributed by atoms with E-state index in [0.29, 0.717) is 26.1 Å². The summed E-state index contributed by atoms with van der Waals surface area (Å²) in [5.41, 5.74) is 6.57. The van der Waals surface area contributed by atoms with E-state index in [1.165, 1.54) is 0 Å². The summed E-state index contributed by atoms with van der Waals surface area (Å²) in [7, 11) is -3.17. The minimum absolute atomic E-state index is 0. The van der Waals surface area contributed by atoms with Crippen molar-refractivity contribution in [3.05, 3.63) is 35.9 Å². The van der Waals surface area contributed by atoms with Crippen molar-refractivity contribution in [2.45, 2.75) is 33.2 Å². The van der Waals surface area contributed by atoms with E-state index in [1.807, 2.05) is 44.2 Å². The van der Waals surface area contributed by atoms with E-state index >= 15 is 0 Å². The van der Waals surface area contributed by atoms with Gasteiger partial charge in [0.1, 0.15) is 0 Å². The van der Waals surface area contributed by atoms with Gasteiger partial charge in [-0.05, 0) is 24.4 Å². The molecule has 2 N–H and O–H groups in total. The van der Waals surface area contributed by atoms with Crippen molar-refractivity contribution in [1.29, 1.82) is 0 Å². The number of rotatable bonds is 10. The Balaban J connectivity index is 0.00000529. The molecule has 0 fully saturated rings. The van der Waals surface area contributed by atoms with Gasteiger partial charge in [-0.3, -0.25) is 4.79 Å². The molecule has 0 saturated carbocycles. The highest BCUT2D eigenvalue weighted by Crippen LogP contribution is 2.09. The molecule has 1 amide bonds. The lowest BCUT2D eigenvalue weighted by Gasteiger charge is -2.23. The summed E-state index contributed by atoms with van der Waals surface area (Å²) in [6.45, 7) is 5.27. The van der Waals surface area contributed by atoms with Crippen LogP contribution in [0.4, 0.5) is 0 Å². The Bertz CT molecular complexity index is 577. The molecule has 0 aliphatic carbocycles. The lowest BCUT2D eigenvalue weighted by Crippen LogP contribution is -2.34. The van der Waals surface area contributed by atoms with Gasteiger partial charge in [-0.25, -0.2) is 8.42 Å². The first-order valence-electron chi connectivity index (χ1n) is 8.06. The SMILES string of the molecule is CC(C)CS(=O)(=O)CCC(=O)N(CCCN)Cc1ccccc1.Cl. The first kappa shape index (κ1) is 22.9. The third-order valence-corrected chi connectivity index (χ3v) is 5.42. The van der Waals surface area contributed by atoms with Crippen LogP contribution in [0.2, 0.25) is 0 Å². The zero-order valence-corrected chi connectivity index (χ0v) is 16.1. The number of nitrogens with two attached hydrogens (primary N) is 1. The molecule has 0 unspecified atom stereocenters. The minimum atomic E-state index is -3.17. The van der Waals surface area contributed by atoms with Gasteiger partial charge in [0.2, 0.25) is 5.91 Å². The van der Waals surface area contributed by atoms with Crippen molar-refractivity contribution in [3.63, 3.8) is 0 Å². The van der Waals surface area contributed by atoms with Gasteiger partial charge in [-0.2, -0.15) is 0 Å². The molecule has 0 spiro atoms.